The maximum absolute atomic E-state index is 13.0. The predicted octanol–water partition coefficient (Wildman–Crippen LogP) is 5.92. The lowest BCUT2D eigenvalue weighted by molar-refractivity contribution is 0.155. The quantitative estimate of drug-likeness (QED) is 0.457. The molecule has 7 nitrogen and oxygen atoms in total. The summed E-state index contributed by atoms with van der Waals surface area (Å²) in [4.78, 5) is 21.6. The number of aryl methyl sites for hydroxylation is 1. The molecule has 2 amide bonds. The van der Waals surface area contributed by atoms with Crippen LogP contribution in [0.3, 0.4) is 0 Å². The highest BCUT2D eigenvalue weighted by atomic mass is 35.5. The highest BCUT2D eigenvalue weighted by molar-refractivity contribution is 6.42. The zero-order valence-corrected chi connectivity index (χ0v) is 21.3. The number of anilines is 1. The Hall–Kier alpha value is -2.90. The van der Waals surface area contributed by atoms with Crippen molar-refractivity contribution in [2.24, 2.45) is 0 Å². The summed E-state index contributed by atoms with van der Waals surface area (Å²) in [6, 6.07) is 12.1. The monoisotopic (exact) mass is 514 g/mol. The Labute approximate surface area is 215 Å². The number of urea groups is 1. The van der Waals surface area contributed by atoms with Gasteiger partial charge in [-0.1, -0.05) is 29.3 Å². The molecule has 2 saturated heterocycles. The van der Waals surface area contributed by atoms with Crippen LogP contribution in [-0.2, 0) is 6.54 Å². The predicted molar refractivity (Wildman–Crippen MR) is 137 cm³/mol. The normalized spacial score (nSPS) is 19.5. The number of rotatable bonds is 5. The lowest BCUT2D eigenvalue weighted by atomic mass is 9.90. The zero-order chi connectivity index (χ0) is 24.5. The summed E-state index contributed by atoms with van der Waals surface area (Å²) in [6.07, 6.45) is 4.96. The minimum atomic E-state index is -0.0544. The van der Waals surface area contributed by atoms with Gasteiger partial charge in [-0.25, -0.2) is 9.78 Å². The van der Waals surface area contributed by atoms with E-state index in [2.05, 4.69) is 27.3 Å². The second kappa shape index (κ2) is 9.99. The van der Waals surface area contributed by atoms with Gasteiger partial charge in [-0.2, -0.15) is 0 Å². The van der Waals surface area contributed by atoms with Crippen LogP contribution in [0.2, 0.25) is 10.0 Å². The topological polar surface area (TPSA) is 70.8 Å². The molecule has 0 radical (unpaired) electrons. The Balaban J connectivity index is 1.30. The number of methoxy groups -OCH3 is 1. The number of carbonyl (C=O) groups excluding carboxylic acids is 1. The molecule has 2 aromatic carbocycles. The molecule has 5 rings (SSSR count). The van der Waals surface area contributed by atoms with Crippen molar-refractivity contribution in [1.82, 2.24) is 15.2 Å². The largest absolute Gasteiger partial charge is 0.496 e. The Morgan fingerprint density at radius 1 is 1.14 bits per heavy atom. The number of oxazole rings is 1. The highest BCUT2D eigenvalue weighted by Gasteiger charge is 2.39. The van der Waals surface area contributed by atoms with Gasteiger partial charge in [0.2, 0.25) is 0 Å². The van der Waals surface area contributed by atoms with Crippen LogP contribution in [0.1, 0.15) is 30.7 Å². The van der Waals surface area contributed by atoms with E-state index in [0.717, 1.165) is 41.8 Å². The number of piperazine rings is 1. The molecule has 0 aliphatic carbocycles. The van der Waals surface area contributed by atoms with Crippen LogP contribution in [0.25, 0.3) is 11.3 Å². The average Bonchev–Trinajstić information content (AvgIpc) is 3.29. The summed E-state index contributed by atoms with van der Waals surface area (Å²) in [5, 5.41) is 4.03. The van der Waals surface area contributed by atoms with Crippen molar-refractivity contribution >= 4 is 34.9 Å². The van der Waals surface area contributed by atoms with Gasteiger partial charge in [0.15, 0.2) is 11.7 Å². The van der Waals surface area contributed by atoms with Crippen LogP contribution in [0, 0.1) is 6.92 Å². The van der Waals surface area contributed by atoms with Crippen molar-refractivity contribution in [3.63, 3.8) is 0 Å². The molecule has 3 aromatic rings. The Morgan fingerprint density at radius 3 is 2.57 bits per heavy atom. The van der Waals surface area contributed by atoms with E-state index in [1.807, 2.05) is 24.0 Å². The zero-order valence-electron chi connectivity index (χ0n) is 19.8. The number of ether oxygens (including phenoxy) is 1. The first-order chi connectivity index (χ1) is 16.9. The number of fused-ring (bicyclic) bond motifs is 2. The first kappa shape index (κ1) is 23.8. The summed E-state index contributed by atoms with van der Waals surface area (Å²) < 4.78 is 11.4. The second-order valence-corrected chi connectivity index (χ2v) is 9.90. The van der Waals surface area contributed by atoms with Crippen molar-refractivity contribution in [1.29, 1.82) is 0 Å². The van der Waals surface area contributed by atoms with E-state index in [-0.39, 0.29) is 18.1 Å². The number of hydrogen-bond donors (Lipinski definition) is 1. The van der Waals surface area contributed by atoms with Crippen molar-refractivity contribution in [3.8, 4) is 17.1 Å². The van der Waals surface area contributed by atoms with E-state index in [1.165, 1.54) is 0 Å². The smallest absolute Gasteiger partial charge is 0.317 e. The molecule has 0 saturated carbocycles. The van der Waals surface area contributed by atoms with Crippen LogP contribution in [-0.4, -0.2) is 48.2 Å². The SMILES string of the molecule is COc1cc(N2C3CCCC2CN(C(=O)NCc2ccc(Cl)c(Cl)c2)C3)ccc1-c1cnc(C)o1. The fourth-order valence-electron chi connectivity index (χ4n) is 5.16. The minimum absolute atomic E-state index is 0.0544. The molecule has 1 N–H and O–H groups in total. The summed E-state index contributed by atoms with van der Waals surface area (Å²) in [5.41, 5.74) is 2.90. The number of likely N-dealkylation sites (tertiary alicyclic amines) is 1. The molecular weight excluding hydrogens is 487 g/mol. The van der Waals surface area contributed by atoms with Crippen LogP contribution in [0.4, 0.5) is 10.5 Å². The maximum Gasteiger partial charge on any atom is 0.317 e. The molecule has 9 heteroatoms. The Morgan fingerprint density at radius 2 is 1.91 bits per heavy atom. The second-order valence-electron chi connectivity index (χ2n) is 9.09. The number of amides is 2. The summed E-state index contributed by atoms with van der Waals surface area (Å²) in [7, 11) is 1.67. The third-order valence-corrected chi connectivity index (χ3v) is 7.55. The Kier molecular flexibility index (Phi) is 6.80. The molecule has 3 heterocycles. The molecule has 2 bridgehead atoms. The molecular formula is C26H28Cl2N4O3. The summed E-state index contributed by atoms with van der Waals surface area (Å²) >= 11 is 12.1. The van der Waals surface area contributed by atoms with E-state index in [1.54, 1.807) is 25.4 Å². The third-order valence-electron chi connectivity index (χ3n) is 6.81. The molecule has 35 heavy (non-hydrogen) atoms. The van der Waals surface area contributed by atoms with Gasteiger partial charge < -0.3 is 24.3 Å². The van der Waals surface area contributed by atoms with E-state index in [4.69, 9.17) is 32.4 Å². The third kappa shape index (κ3) is 4.93. The minimum Gasteiger partial charge on any atom is -0.496 e. The van der Waals surface area contributed by atoms with Gasteiger partial charge in [0.1, 0.15) is 5.75 Å². The van der Waals surface area contributed by atoms with E-state index in [0.29, 0.717) is 41.3 Å². The number of halogens is 2. The van der Waals surface area contributed by atoms with Gasteiger partial charge in [0, 0.05) is 50.4 Å². The summed E-state index contributed by atoms with van der Waals surface area (Å²) in [5.74, 6) is 2.06. The number of nitrogens with zero attached hydrogens (tertiary/aromatic N) is 3. The lowest BCUT2D eigenvalue weighted by Gasteiger charge is -2.51. The first-order valence-electron chi connectivity index (χ1n) is 11.8. The molecule has 2 unspecified atom stereocenters. The fourth-order valence-corrected chi connectivity index (χ4v) is 5.48. The number of benzene rings is 2. The molecule has 2 fully saturated rings. The number of hydrogen-bond acceptors (Lipinski definition) is 5. The molecule has 184 valence electrons. The fraction of sp³-hybridized carbons (Fsp3) is 0.385. The van der Waals surface area contributed by atoms with Gasteiger partial charge in [0.05, 0.1) is 28.9 Å². The van der Waals surface area contributed by atoms with Gasteiger partial charge in [-0.15, -0.1) is 0 Å². The number of carbonyl (C=O) groups is 1. The molecule has 1 aromatic heterocycles. The number of aromatic nitrogens is 1. The van der Waals surface area contributed by atoms with Crippen LogP contribution in [0.15, 0.2) is 47.0 Å². The van der Waals surface area contributed by atoms with Crippen molar-refractivity contribution in [2.75, 3.05) is 25.1 Å². The molecule has 2 aliphatic heterocycles. The van der Waals surface area contributed by atoms with Crippen molar-refractivity contribution in [2.45, 2.75) is 44.8 Å². The maximum atomic E-state index is 13.0. The number of piperidine rings is 1. The van der Waals surface area contributed by atoms with Gasteiger partial charge >= 0.3 is 6.03 Å². The van der Waals surface area contributed by atoms with Gasteiger partial charge in [0.25, 0.3) is 0 Å². The average molecular weight is 515 g/mol. The van der Waals surface area contributed by atoms with Crippen molar-refractivity contribution < 1.29 is 13.9 Å². The number of nitrogens with one attached hydrogen (secondary N) is 1. The van der Waals surface area contributed by atoms with Crippen molar-refractivity contribution in [3.05, 3.63) is 64.1 Å². The van der Waals surface area contributed by atoms with Gasteiger partial charge in [-0.3, -0.25) is 0 Å². The van der Waals surface area contributed by atoms with E-state index >= 15 is 0 Å². The van der Waals surface area contributed by atoms with Crippen LogP contribution in [0.5, 0.6) is 5.75 Å². The van der Waals surface area contributed by atoms with Crippen LogP contribution < -0.4 is 15.0 Å². The Bertz CT molecular complexity index is 1220. The van der Waals surface area contributed by atoms with E-state index in [9.17, 15) is 4.79 Å². The molecule has 0 spiro atoms. The van der Waals surface area contributed by atoms with Crippen LogP contribution >= 0.6 is 23.2 Å². The first-order valence-corrected chi connectivity index (χ1v) is 12.5. The van der Waals surface area contributed by atoms with Gasteiger partial charge in [-0.05, 0) is 49.1 Å². The standard InChI is InChI=1S/C26H28Cl2N4O3/c1-16-29-13-25(35-16)21-8-7-18(11-24(21)34-2)32-19-4-3-5-20(32)15-31(14-19)26(33)30-12-17-6-9-22(27)23(28)10-17/h6-11,13,19-20H,3-5,12,14-15H2,1-2H3,(H,30,33). The van der Waals surface area contributed by atoms with E-state index < -0.39 is 0 Å². The molecule has 2 atom stereocenters. The highest BCUT2D eigenvalue weighted by Crippen LogP contribution is 2.39. The lowest BCUT2D eigenvalue weighted by Crippen LogP contribution is -2.63. The molecule has 2 aliphatic rings. The summed E-state index contributed by atoms with van der Waals surface area (Å²) in [6.45, 7) is 3.58.